The van der Waals surface area contributed by atoms with Crippen LogP contribution in [-0.4, -0.2) is 23.1 Å². The van der Waals surface area contributed by atoms with Crippen LogP contribution in [0.4, 0.5) is 0 Å². The van der Waals surface area contributed by atoms with Gasteiger partial charge >= 0.3 is 0 Å². The molecule has 1 heterocycles. The highest BCUT2D eigenvalue weighted by atomic mass is 15.5. The maximum absolute atomic E-state index is 3.85. The van der Waals surface area contributed by atoms with Gasteiger partial charge < -0.3 is 0 Å². The van der Waals surface area contributed by atoms with Gasteiger partial charge in [-0.2, -0.15) is 0 Å². The maximum Gasteiger partial charge on any atom is 0.0218 e. The van der Waals surface area contributed by atoms with Crippen LogP contribution in [0.3, 0.4) is 0 Å². The predicted molar refractivity (Wildman–Crippen MR) is 73.8 cm³/mol. The Balaban J connectivity index is 1.85. The van der Waals surface area contributed by atoms with Gasteiger partial charge in [0.05, 0.1) is 0 Å². The van der Waals surface area contributed by atoms with Crippen LogP contribution in [0.15, 0.2) is 0 Å². The van der Waals surface area contributed by atoms with Crippen molar-refractivity contribution in [3.05, 3.63) is 0 Å². The Hall–Kier alpha value is -0.0800. The van der Waals surface area contributed by atoms with Crippen LogP contribution in [0.25, 0.3) is 0 Å². The Bertz CT molecular complexity index is 219. The van der Waals surface area contributed by atoms with Crippen LogP contribution in [0.1, 0.15) is 72.1 Å². The molecule has 1 saturated carbocycles. The van der Waals surface area contributed by atoms with Crippen LogP contribution in [-0.2, 0) is 0 Å². The molecule has 4 atom stereocenters. The SMILES string of the molecule is CC1CCCC(NN2C(C)CCCC2C)CC1. The molecule has 0 spiro atoms. The second kappa shape index (κ2) is 6.19. The molecular formula is C15H30N2. The van der Waals surface area contributed by atoms with Gasteiger partial charge in [0.25, 0.3) is 0 Å². The number of hydrogen-bond acceptors (Lipinski definition) is 2. The number of nitrogens with zero attached hydrogens (tertiary/aromatic N) is 1. The summed E-state index contributed by atoms with van der Waals surface area (Å²) in [6.45, 7) is 7.17. The van der Waals surface area contributed by atoms with Crippen molar-refractivity contribution < 1.29 is 0 Å². The summed E-state index contributed by atoms with van der Waals surface area (Å²) < 4.78 is 0. The molecule has 0 amide bonds. The van der Waals surface area contributed by atoms with Crippen molar-refractivity contribution in [3.63, 3.8) is 0 Å². The van der Waals surface area contributed by atoms with Crippen molar-refractivity contribution in [2.24, 2.45) is 5.92 Å². The average Bonchev–Trinajstić information content (AvgIpc) is 2.49. The fourth-order valence-corrected chi connectivity index (χ4v) is 3.50. The van der Waals surface area contributed by atoms with Crippen LogP contribution in [0, 0.1) is 5.92 Å². The molecule has 0 bridgehead atoms. The van der Waals surface area contributed by atoms with Crippen molar-refractivity contribution in [2.75, 3.05) is 0 Å². The first-order chi connectivity index (χ1) is 8.16. The van der Waals surface area contributed by atoms with Gasteiger partial charge in [0.15, 0.2) is 0 Å². The molecule has 2 aliphatic rings. The summed E-state index contributed by atoms with van der Waals surface area (Å²) in [5, 5.41) is 2.56. The normalized spacial score (nSPS) is 41.1. The lowest BCUT2D eigenvalue weighted by atomic mass is 9.99. The molecule has 1 saturated heterocycles. The molecule has 1 aliphatic heterocycles. The highest BCUT2D eigenvalue weighted by Gasteiger charge is 2.27. The van der Waals surface area contributed by atoms with Gasteiger partial charge in [0.1, 0.15) is 0 Å². The van der Waals surface area contributed by atoms with Crippen LogP contribution >= 0.6 is 0 Å². The zero-order valence-electron chi connectivity index (χ0n) is 11.9. The van der Waals surface area contributed by atoms with Crippen LogP contribution in [0.2, 0.25) is 0 Å². The maximum atomic E-state index is 3.85. The van der Waals surface area contributed by atoms with Crippen LogP contribution < -0.4 is 5.43 Å². The third-order valence-corrected chi connectivity index (χ3v) is 4.78. The molecule has 2 heteroatoms. The van der Waals surface area contributed by atoms with Crippen molar-refractivity contribution in [2.45, 2.75) is 90.3 Å². The van der Waals surface area contributed by atoms with E-state index in [1.54, 1.807) is 0 Å². The molecule has 1 aliphatic carbocycles. The van der Waals surface area contributed by atoms with Crippen molar-refractivity contribution in [3.8, 4) is 0 Å². The van der Waals surface area contributed by atoms with Gasteiger partial charge in [-0.05, 0) is 51.9 Å². The molecule has 1 N–H and O–H groups in total. The number of piperidine rings is 1. The number of rotatable bonds is 2. The summed E-state index contributed by atoms with van der Waals surface area (Å²) in [6.07, 6.45) is 11.1. The van der Waals surface area contributed by atoms with Gasteiger partial charge in [-0.3, -0.25) is 5.43 Å². The molecule has 4 unspecified atom stereocenters. The number of hydrazine groups is 1. The topological polar surface area (TPSA) is 15.3 Å². The fraction of sp³-hybridized carbons (Fsp3) is 1.00. The molecule has 100 valence electrons. The van der Waals surface area contributed by atoms with E-state index in [2.05, 4.69) is 31.2 Å². The highest BCUT2D eigenvalue weighted by molar-refractivity contribution is 4.80. The van der Waals surface area contributed by atoms with Crippen molar-refractivity contribution in [1.29, 1.82) is 0 Å². The summed E-state index contributed by atoms with van der Waals surface area (Å²) in [5.74, 6) is 0.943. The Morgan fingerprint density at radius 2 is 1.41 bits per heavy atom. The molecule has 2 rings (SSSR count). The lowest BCUT2D eigenvalue weighted by molar-refractivity contribution is 0.0267. The van der Waals surface area contributed by atoms with Gasteiger partial charge in [-0.25, -0.2) is 5.01 Å². The monoisotopic (exact) mass is 238 g/mol. The van der Waals surface area contributed by atoms with Gasteiger partial charge in [-0.1, -0.05) is 26.2 Å². The Kier molecular flexibility index (Phi) is 4.87. The molecular weight excluding hydrogens is 208 g/mol. The van der Waals surface area contributed by atoms with E-state index in [4.69, 9.17) is 0 Å². The van der Waals surface area contributed by atoms with E-state index < -0.39 is 0 Å². The third kappa shape index (κ3) is 3.69. The van der Waals surface area contributed by atoms with E-state index in [1.807, 2.05) is 0 Å². The second-order valence-electron chi connectivity index (χ2n) is 6.48. The van der Waals surface area contributed by atoms with E-state index in [9.17, 15) is 0 Å². The molecule has 2 nitrogen and oxygen atoms in total. The zero-order valence-corrected chi connectivity index (χ0v) is 11.9. The Morgan fingerprint density at radius 1 is 0.765 bits per heavy atom. The van der Waals surface area contributed by atoms with E-state index in [0.29, 0.717) is 0 Å². The highest BCUT2D eigenvalue weighted by Crippen LogP contribution is 2.25. The van der Waals surface area contributed by atoms with Gasteiger partial charge in [0.2, 0.25) is 0 Å². The quantitative estimate of drug-likeness (QED) is 0.738. The molecule has 0 aromatic rings. The summed E-state index contributed by atoms with van der Waals surface area (Å²) in [7, 11) is 0. The summed E-state index contributed by atoms with van der Waals surface area (Å²) in [5.41, 5.74) is 3.85. The van der Waals surface area contributed by atoms with Gasteiger partial charge in [-0.15, -0.1) is 0 Å². The smallest absolute Gasteiger partial charge is 0.0218 e. The summed E-state index contributed by atoms with van der Waals surface area (Å²) in [4.78, 5) is 0. The molecule has 0 aromatic heterocycles. The van der Waals surface area contributed by atoms with E-state index in [-0.39, 0.29) is 0 Å². The van der Waals surface area contributed by atoms with E-state index >= 15 is 0 Å². The lowest BCUT2D eigenvalue weighted by Crippen LogP contribution is -2.55. The lowest BCUT2D eigenvalue weighted by Gasteiger charge is -2.41. The minimum atomic E-state index is 0.722. The minimum absolute atomic E-state index is 0.722. The van der Waals surface area contributed by atoms with Crippen LogP contribution in [0.5, 0.6) is 0 Å². The van der Waals surface area contributed by atoms with E-state index in [1.165, 1.54) is 51.4 Å². The average molecular weight is 238 g/mol. The first-order valence-electron chi connectivity index (χ1n) is 7.71. The number of nitrogens with one attached hydrogen (secondary N) is 1. The minimum Gasteiger partial charge on any atom is -0.252 e. The largest absolute Gasteiger partial charge is 0.252 e. The zero-order chi connectivity index (χ0) is 12.3. The standard InChI is InChI=1S/C15H30N2/c1-12-6-4-9-15(11-10-12)16-17-13(2)7-5-8-14(17)3/h12-16H,4-11H2,1-3H3. The Labute approximate surface area is 107 Å². The first kappa shape index (κ1) is 13.4. The molecule has 17 heavy (non-hydrogen) atoms. The second-order valence-corrected chi connectivity index (χ2v) is 6.48. The van der Waals surface area contributed by atoms with Crippen molar-refractivity contribution in [1.82, 2.24) is 10.4 Å². The summed E-state index contributed by atoms with van der Waals surface area (Å²) >= 11 is 0. The van der Waals surface area contributed by atoms with Gasteiger partial charge in [0, 0.05) is 18.1 Å². The van der Waals surface area contributed by atoms with E-state index in [0.717, 1.165) is 24.0 Å². The number of hydrogen-bond donors (Lipinski definition) is 1. The Morgan fingerprint density at radius 3 is 2.12 bits per heavy atom. The molecule has 0 aromatic carbocycles. The third-order valence-electron chi connectivity index (χ3n) is 4.78. The first-order valence-corrected chi connectivity index (χ1v) is 7.71. The molecule has 2 fully saturated rings. The summed E-state index contributed by atoms with van der Waals surface area (Å²) in [6, 6.07) is 2.18. The molecule has 0 radical (unpaired) electrons. The fourth-order valence-electron chi connectivity index (χ4n) is 3.50. The van der Waals surface area contributed by atoms with Crippen molar-refractivity contribution >= 4 is 0 Å². The predicted octanol–water partition coefficient (Wildman–Crippen LogP) is 3.72.